The van der Waals surface area contributed by atoms with Gasteiger partial charge in [0.2, 0.25) is 0 Å². The molecule has 0 heterocycles. The molecular weight excluding hydrogens is 251 g/mol. The van der Waals surface area contributed by atoms with Gasteiger partial charge >= 0.3 is 0 Å². The van der Waals surface area contributed by atoms with Crippen molar-refractivity contribution in [2.75, 3.05) is 5.73 Å². The zero-order valence-electron chi connectivity index (χ0n) is 4.87. The smallest absolute Gasteiger partial charge is 0.182 e. The van der Waals surface area contributed by atoms with Crippen molar-refractivity contribution < 1.29 is 8.78 Å². The molecule has 1 aromatic carbocycles. The van der Waals surface area contributed by atoms with Crippen molar-refractivity contribution in [2.24, 2.45) is 0 Å². The van der Waals surface area contributed by atoms with Crippen LogP contribution in [0.2, 0.25) is 0 Å². The lowest BCUT2D eigenvalue weighted by molar-refractivity contribution is 0.511. The fourth-order valence-corrected chi connectivity index (χ4v) is 0.959. The molecule has 0 saturated carbocycles. The van der Waals surface area contributed by atoms with Crippen LogP contribution in [-0.2, 0) is 0 Å². The second-order valence-electron chi connectivity index (χ2n) is 1.76. The highest BCUT2D eigenvalue weighted by Gasteiger charge is 2.07. The van der Waals surface area contributed by atoms with Crippen molar-refractivity contribution in [1.82, 2.24) is 0 Å². The van der Waals surface area contributed by atoms with Gasteiger partial charge in [-0.2, -0.15) is 0 Å². The van der Waals surface area contributed by atoms with Crippen LogP contribution in [0.3, 0.4) is 0 Å². The minimum absolute atomic E-state index is 0.124. The molecule has 0 aliphatic rings. The normalized spacial score (nSPS) is 9.90. The summed E-state index contributed by atoms with van der Waals surface area (Å²) in [7, 11) is 0. The van der Waals surface area contributed by atoms with E-state index in [1.54, 1.807) is 0 Å². The molecule has 4 heteroatoms. The lowest BCUT2D eigenvalue weighted by atomic mass is 10.3. The van der Waals surface area contributed by atoms with E-state index in [1.165, 1.54) is 6.07 Å². The summed E-state index contributed by atoms with van der Waals surface area (Å²) in [5.41, 5.74) is 5.04. The zero-order chi connectivity index (χ0) is 7.72. The van der Waals surface area contributed by atoms with Crippen LogP contribution in [0.4, 0.5) is 14.5 Å². The van der Waals surface area contributed by atoms with Gasteiger partial charge in [-0.1, -0.05) is 0 Å². The van der Waals surface area contributed by atoms with Crippen molar-refractivity contribution in [2.45, 2.75) is 0 Å². The predicted molar refractivity (Wildman–Crippen MR) is 43.5 cm³/mol. The SMILES string of the molecule is Nc1c(I)ccc(F)c1F. The molecule has 1 rings (SSSR count). The van der Waals surface area contributed by atoms with Crippen LogP contribution in [0, 0.1) is 15.2 Å². The van der Waals surface area contributed by atoms with E-state index in [2.05, 4.69) is 0 Å². The van der Waals surface area contributed by atoms with E-state index in [1.807, 2.05) is 22.6 Å². The Labute approximate surface area is 70.4 Å². The summed E-state index contributed by atoms with van der Waals surface area (Å²) in [6.45, 7) is 0. The van der Waals surface area contributed by atoms with Gasteiger partial charge < -0.3 is 5.73 Å². The summed E-state index contributed by atoms with van der Waals surface area (Å²) in [6.07, 6.45) is 0. The molecule has 0 aromatic heterocycles. The fraction of sp³-hybridized carbons (Fsp3) is 0. The first-order chi connectivity index (χ1) is 4.63. The molecule has 54 valence electrons. The summed E-state index contributed by atoms with van der Waals surface area (Å²) in [5.74, 6) is -1.87. The van der Waals surface area contributed by atoms with Crippen LogP contribution >= 0.6 is 22.6 Å². The number of nitrogen functional groups attached to an aromatic ring is 1. The molecule has 1 aromatic rings. The minimum Gasteiger partial charge on any atom is -0.395 e. The van der Waals surface area contributed by atoms with Crippen molar-refractivity contribution in [3.05, 3.63) is 27.3 Å². The molecule has 0 spiro atoms. The van der Waals surface area contributed by atoms with Gasteiger partial charge in [0.25, 0.3) is 0 Å². The van der Waals surface area contributed by atoms with Gasteiger partial charge in [0.15, 0.2) is 11.6 Å². The van der Waals surface area contributed by atoms with Gasteiger partial charge in [0.1, 0.15) is 0 Å². The maximum absolute atomic E-state index is 12.5. The molecular formula is C6H4F2IN. The van der Waals surface area contributed by atoms with Crippen molar-refractivity contribution >= 4 is 28.3 Å². The van der Waals surface area contributed by atoms with E-state index < -0.39 is 11.6 Å². The summed E-state index contributed by atoms with van der Waals surface area (Å²) in [5, 5.41) is 0. The predicted octanol–water partition coefficient (Wildman–Crippen LogP) is 2.15. The third-order valence-electron chi connectivity index (χ3n) is 1.08. The van der Waals surface area contributed by atoms with E-state index in [0.717, 1.165) is 6.07 Å². The Hall–Kier alpha value is -0.390. The van der Waals surface area contributed by atoms with Crippen LogP contribution in [0.5, 0.6) is 0 Å². The number of hydrogen-bond donors (Lipinski definition) is 1. The van der Waals surface area contributed by atoms with Crippen molar-refractivity contribution in [1.29, 1.82) is 0 Å². The number of hydrogen-bond acceptors (Lipinski definition) is 1. The average molecular weight is 255 g/mol. The van der Waals surface area contributed by atoms with Crippen LogP contribution in [-0.4, -0.2) is 0 Å². The molecule has 1 nitrogen and oxygen atoms in total. The molecule has 2 N–H and O–H groups in total. The molecule has 0 aliphatic heterocycles. The van der Waals surface area contributed by atoms with Gasteiger partial charge in [-0.15, -0.1) is 0 Å². The Morgan fingerprint density at radius 2 is 1.90 bits per heavy atom. The van der Waals surface area contributed by atoms with E-state index >= 15 is 0 Å². The van der Waals surface area contributed by atoms with Crippen molar-refractivity contribution in [3.63, 3.8) is 0 Å². The fourth-order valence-electron chi connectivity index (χ4n) is 0.543. The lowest BCUT2D eigenvalue weighted by Crippen LogP contribution is -1.96. The minimum atomic E-state index is -0.966. The first-order valence-electron chi connectivity index (χ1n) is 2.52. The molecule has 0 bridgehead atoms. The zero-order valence-corrected chi connectivity index (χ0v) is 7.02. The van der Waals surface area contributed by atoms with Gasteiger partial charge in [-0.05, 0) is 34.7 Å². The molecule has 10 heavy (non-hydrogen) atoms. The Morgan fingerprint density at radius 3 is 2.40 bits per heavy atom. The number of rotatable bonds is 0. The van der Waals surface area contributed by atoms with E-state index in [9.17, 15) is 8.78 Å². The lowest BCUT2D eigenvalue weighted by Gasteiger charge is -1.98. The largest absolute Gasteiger partial charge is 0.395 e. The monoisotopic (exact) mass is 255 g/mol. The Kier molecular flexibility index (Phi) is 2.08. The number of anilines is 1. The molecule has 0 saturated heterocycles. The first kappa shape index (κ1) is 7.71. The Bertz CT molecular complexity index is 235. The highest BCUT2D eigenvalue weighted by atomic mass is 127. The van der Waals surface area contributed by atoms with Crippen molar-refractivity contribution in [3.8, 4) is 0 Å². The maximum Gasteiger partial charge on any atom is 0.182 e. The Balaban J connectivity index is 3.34. The summed E-state index contributed by atoms with van der Waals surface area (Å²) in [4.78, 5) is 0. The van der Waals surface area contributed by atoms with E-state index in [4.69, 9.17) is 5.73 Å². The van der Waals surface area contributed by atoms with Gasteiger partial charge in [-0.25, -0.2) is 8.78 Å². The molecule has 0 fully saturated rings. The topological polar surface area (TPSA) is 26.0 Å². The molecule has 0 atom stereocenters. The second kappa shape index (κ2) is 2.69. The second-order valence-corrected chi connectivity index (χ2v) is 2.92. The number of benzene rings is 1. The first-order valence-corrected chi connectivity index (χ1v) is 3.60. The van der Waals surface area contributed by atoms with E-state index in [0.29, 0.717) is 3.57 Å². The summed E-state index contributed by atoms with van der Waals surface area (Å²) < 4.78 is 25.3. The average Bonchev–Trinajstić information content (AvgIpc) is 1.93. The third kappa shape index (κ3) is 1.21. The number of nitrogens with two attached hydrogens (primary N) is 1. The summed E-state index contributed by atoms with van der Waals surface area (Å²) >= 11 is 1.83. The highest BCUT2D eigenvalue weighted by molar-refractivity contribution is 14.1. The third-order valence-corrected chi connectivity index (χ3v) is 2.02. The summed E-state index contributed by atoms with van der Waals surface area (Å²) in [6, 6.07) is 2.47. The van der Waals surface area contributed by atoms with E-state index in [-0.39, 0.29) is 5.69 Å². The van der Waals surface area contributed by atoms with Gasteiger partial charge in [0.05, 0.1) is 5.69 Å². The highest BCUT2D eigenvalue weighted by Crippen LogP contribution is 2.19. The molecule has 0 aliphatic carbocycles. The number of halogens is 3. The van der Waals surface area contributed by atoms with Crippen LogP contribution < -0.4 is 5.73 Å². The standard InChI is InChI=1S/C6H4F2IN/c7-3-1-2-4(9)6(10)5(3)8/h1-2H,10H2. The van der Waals surface area contributed by atoms with Gasteiger partial charge in [-0.3, -0.25) is 0 Å². The van der Waals surface area contributed by atoms with Crippen LogP contribution in [0.25, 0.3) is 0 Å². The van der Waals surface area contributed by atoms with Crippen LogP contribution in [0.1, 0.15) is 0 Å². The molecule has 0 amide bonds. The molecule has 0 radical (unpaired) electrons. The maximum atomic E-state index is 12.5. The Morgan fingerprint density at radius 1 is 1.30 bits per heavy atom. The molecule has 0 unspecified atom stereocenters. The van der Waals surface area contributed by atoms with Gasteiger partial charge in [0, 0.05) is 3.57 Å². The van der Waals surface area contributed by atoms with Crippen LogP contribution in [0.15, 0.2) is 12.1 Å². The quantitative estimate of drug-likeness (QED) is 0.429.